The van der Waals surface area contributed by atoms with Gasteiger partial charge in [-0.3, -0.25) is 9.59 Å². The van der Waals surface area contributed by atoms with Gasteiger partial charge in [0.25, 0.3) is 5.91 Å². The third-order valence-corrected chi connectivity index (χ3v) is 3.54. The van der Waals surface area contributed by atoms with E-state index in [4.69, 9.17) is 10.5 Å². The fourth-order valence-corrected chi connectivity index (χ4v) is 2.34. The van der Waals surface area contributed by atoms with Crippen molar-refractivity contribution in [2.45, 2.75) is 25.8 Å². The zero-order valence-corrected chi connectivity index (χ0v) is 14.0. The second kappa shape index (κ2) is 8.68. The van der Waals surface area contributed by atoms with Gasteiger partial charge in [0.05, 0.1) is 6.61 Å². The van der Waals surface area contributed by atoms with Crippen molar-refractivity contribution in [3.63, 3.8) is 0 Å². The van der Waals surface area contributed by atoms with Gasteiger partial charge in [-0.25, -0.2) is 4.79 Å². The number of H-pyrrole nitrogens is 1. The lowest BCUT2D eigenvalue weighted by atomic mass is 10.1. The zero-order chi connectivity index (χ0) is 18.2. The van der Waals surface area contributed by atoms with Crippen LogP contribution in [0.25, 0.3) is 10.9 Å². The Kier molecular flexibility index (Phi) is 6.33. The second-order valence-electron chi connectivity index (χ2n) is 5.47. The average molecular weight is 343 g/mol. The Bertz CT molecular complexity index is 761. The predicted molar refractivity (Wildman–Crippen MR) is 93.8 cm³/mol. The van der Waals surface area contributed by atoms with Crippen molar-refractivity contribution in [2.24, 2.45) is 5.73 Å². The first-order chi connectivity index (χ1) is 12.0. The molecule has 7 nitrogen and oxygen atoms in total. The number of aromatic nitrogens is 1. The molecular weight excluding hydrogens is 322 g/mol. The number of hydrogen-bond donors (Lipinski definition) is 3. The van der Waals surface area contributed by atoms with Gasteiger partial charge < -0.3 is 20.8 Å². The van der Waals surface area contributed by atoms with Crippen molar-refractivity contribution in [3.8, 4) is 0 Å². The van der Waals surface area contributed by atoms with Crippen LogP contribution in [0, 0.1) is 0 Å². The van der Waals surface area contributed by atoms with Crippen molar-refractivity contribution in [1.82, 2.24) is 10.3 Å². The maximum Gasteiger partial charge on any atom is 0.330 e. The monoisotopic (exact) mass is 343 g/mol. The molecule has 0 spiro atoms. The molecule has 2 rings (SSSR count). The van der Waals surface area contributed by atoms with E-state index in [1.165, 1.54) is 12.2 Å². The summed E-state index contributed by atoms with van der Waals surface area (Å²) in [4.78, 5) is 37.9. The van der Waals surface area contributed by atoms with Crippen LogP contribution < -0.4 is 11.1 Å². The third-order valence-electron chi connectivity index (χ3n) is 3.54. The topological polar surface area (TPSA) is 114 Å². The minimum Gasteiger partial charge on any atom is -0.463 e. The molecule has 132 valence electrons. The summed E-state index contributed by atoms with van der Waals surface area (Å²) >= 11 is 0. The van der Waals surface area contributed by atoms with Crippen LogP contribution in [0.4, 0.5) is 0 Å². The van der Waals surface area contributed by atoms with Crippen molar-refractivity contribution in [1.29, 1.82) is 0 Å². The van der Waals surface area contributed by atoms with Crippen molar-refractivity contribution in [2.75, 3.05) is 6.61 Å². The summed E-state index contributed by atoms with van der Waals surface area (Å²) < 4.78 is 4.81. The molecule has 1 aromatic carbocycles. The van der Waals surface area contributed by atoms with Crippen molar-refractivity contribution >= 4 is 28.7 Å². The Morgan fingerprint density at radius 3 is 2.76 bits per heavy atom. The number of aromatic amines is 1. The molecule has 1 heterocycles. The van der Waals surface area contributed by atoms with Gasteiger partial charge >= 0.3 is 5.97 Å². The highest BCUT2D eigenvalue weighted by Crippen LogP contribution is 2.15. The van der Waals surface area contributed by atoms with Crippen LogP contribution in [0.15, 0.2) is 42.5 Å². The van der Waals surface area contributed by atoms with Gasteiger partial charge in [0.2, 0.25) is 5.91 Å². The smallest absolute Gasteiger partial charge is 0.330 e. The Balaban J connectivity index is 2.09. The molecule has 1 atom stereocenters. The summed E-state index contributed by atoms with van der Waals surface area (Å²) in [6.07, 6.45) is 3.12. The zero-order valence-electron chi connectivity index (χ0n) is 14.0. The number of hydrogen-bond acceptors (Lipinski definition) is 4. The average Bonchev–Trinajstić information content (AvgIpc) is 3.01. The molecule has 0 aliphatic rings. The van der Waals surface area contributed by atoms with Gasteiger partial charge in [0.1, 0.15) is 5.69 Å². The molecule has 4 N–H and O–H groups in total. The van der Waals surface area contributed by atoms with Gasteiger partial charge in [-0.2, -0.15) is 0 Å². The quantitative estimate of drug-likeness (QED) is 0.499. The molecule has 7 heteroatoms. The number of esters is 1. The lowest BCUT2D eigenvalue weighted by Gasteiger charge is -2.13. The summed E-state index contributed by atoms with van der Waals surface area (Å²) in [5.41, 5.74) is 6.41. The van der Waals surface area contributed by atoms with Gasteiger partial charge in [0.15, 0.2) is 0 Å². The second-order valence-corrected chi connectivity index (χ2v) is 5.47. The van der Waals surface area contributed by atoms with Gasteiger partial charge in [-0.1, -0.05) is 24.3 Å². The minimum atomic E-state index is -0.518. The van der Waals surface area contributed by atoms with E-state index in [0.29, 0.717) is 5.69 Å². The molecule has 0 bridgehead atoms. The maximum atomic E-state index is 12.4. The van der Waals surface area contributed by atoms with E-state index in [0.717, 1.165) is 10.9 Å². The first-order valence-electron chi connectivity index (χ1n) is 8.01. The van der Waals surface area contributed by atoms with Crippen LogP contribution in [-0.4, -0.2) is 35.4 Å². The maximum absolute atomic E-state index is 12.4. The summed E-state index contributed by atoms with van der Waals surface area (Å²) in [5.74, 6) is -1.32. The SMILES string of the molecule is CCOC(=O)C=C[C@H](CCC(N)=O)NC(=O)c1cc2ccccc2[nH]1. The van der Waals surface area contributed by atoms with E-state index in [-0.39, 0.29) is 25.4 Å². The van der Waals surface area contributed by atoms with Gasteiger partial charge in [0, 0.05) is 29.4 Å². The number of carbonyl (C=O) groups is 3. The van der Waals surface area contributed by atoms with Gasteiger partial charge in [-0.05, 0) is 25.5 Å². The fraction of sp³-hybridized carbons (Fsp3) is 0.278. The van der Waals surface area contributed by atoms with E-state index >= 15 is 0 Å². The van der Waals surface area contributed by atoms with Gasteiger partial charge in [-0.15, -0.1) is 0 Å². The number of fused-ring (bicyclic) bond motifs is 1. The van der Waals surface area contributed by atoms with Crippen LogP contribution in [0.3, 0.4) is 0 Å². The van der Waals surface area contributed by atoms with Crippen LogP contribution in [-0.2, 0) is 14.3 Å². The number of primary amides is 1. The molecular formula is C18H21N3O4. The molecule has 0 saturated heterocycles. The first kappa shape index (κ1) is 18.3. The fourth-order valence-electron chi connectivity index (χ4n) is 2.34. The number of carbonyl (C=O) groups excluding carboxylic acids is 3. The number of benzene rings is 1. The van der Waals surface area contributed by atoms with Crippen LogP contribution in [0.1, 0.15) is 30.3 Å². The molecule has 25 heavy (non-hydrogen) atoms. The van der Waals surface area contributed by atoms with Crippen molar-refractivity contribution < 1.29 is 19.1 Å². The largest absolute Gasteiger partial charge is 0.463 e. The molecule has 0 aliphatic carbocycles. The van der Waals surface area contributed by atoms with Crippen LogP contribution in [0.2, 0.25) is 0 Å². The number of ether oxygens (including phenoxy) is 1. The minimum absolute atomic E-state index is 0.0881. The van der Waals surface area contributed by atoms with E-state index in [1.807, 2.05) is 24.3 Å². The standard InChI is InChI=1S/C18H21N3O4/c1-2-25-17(23)10-8-13(7-9-16(19)22)20-18(24)15-11-12-5-3-4-6-14(12)21-15/h3-6,8,10-11,13,21H,2,7,9H2,1H3,(H2,19,22)(H,20,24)/t13-/m0/s1. The number of amides is 2. The molecule has 2 amide bonds. The predicted octanol–water partition coefficient (Wildman–Crippen LogP) is 1.65. The number of nitrogens with two attached hydrogens (primary N) is 1. The highest BCUT2D eigenvalue weighted by Gasteiger charge is 2.15. The summed E-state index contributed by atoms with van der Waals surface area (Å²) in [6.45, 7) is 1.96. The third kappa shape index (κ3) is 5.49. The molecule has 0 saturated carbocycles. The lowest BCUT2D eigenvalue weighted by Crippen LogP contribution is -2.34. The van der Waals surface area contributed by atoms with E-state index in [2.05, 4.69) is 10.3 Å². The highest BCUT2D eigenvalue weighted by molar-refractivity contribution is 5.98. The summed E-state index contributed by atoms with van der Waals surface area (Å²) in [7, 11) is 0. The van der Waals surface area contributed by atoms with Crippen LogP contribution >= 0.6 is 0 Å². The van der Waals surface area contributed by atoms with E-state index < -0.39 is 17.9 Å². The Labute approximate surface area is 145 Å². The number of rotatable bonds is 8. The first-order valence-corrected chi connectivity index (χ1v) is 8.01. The van der Waals surface area contributed by atoms with Crippen molar-refractivity contribution in [3.05, 3.63) is 48.2 Å². The highest BCUT2D eigenvalue weighted by atomic mass is 16.5. The number of para-hydroxylation sites is 1. The number of nitrogens with one attached hydrogen (secondary N) is 2. The van der Waals surface area contributed by atoms with Crippen LogP contribution in [0.5, 0.6) is 0 Å². The molecule has 0 aliphatic heterocycles. The molecule has 2 aromatic rings. The summed E-state index contributed by atoms with van der Waals surface area (Å²) in [5, 5.41) is 3.69. The Morgan fingerprint density at radius 1 is 1.32 bits per heavy atom. The molecule has 0 unspecified atom stereocenters. The lowest BCUT2D eigenvalue weighted by molar-refractivity contribution is -0.137. The normalized spacial score (nSPS) is 12.2. The van der Waals surface area contributed by atoms with E-state index in [9.17, 15) is 14.4 Å². The molecule has 0 fully saturated rings. The molecule has 0 radical (unpaired) electrons. The Morgan fingerprint density at radius 2 is 2.08 bits per heavy atom. The summed E-state index contributed by atoms with van der Waals surface area (Å²) in [6, 6.07) is 8.75. The molecule has 1 aromatic heterocycles. The van der Waals surface area contributed by atoms with E-state index in [1.54, 1.807) is 13.0 Å². The Hall–Kier alpha value is -3.09.